The van der Waals surface area contributed by atoms with Crippen LogP contribution in [0.3, 0.4) is 0 Å². The zero-order valence-electron chi connectivity index (χ0n) is 8.94. The van der Waals surface area contributed by atoms with E-state index in [2.05, 4.69) is 0 Å². The summed E-state index contributed by atoms with van der Waals surface area (Å²) in [7, 11) is -3.11. The van der Waals surface area contributed by atoms with Crippen molar-refractivity contribution in [3.8, 4) is 0 Å². The van der Waals surface area contributed by atoms with Crippen molar-refractivity contribution < 1.29 is 8.42 Å². The quantitative estimate of drug-likeness (QED) is 0.776. The van der Waals surface area contributed by atoms with Gasteiger partial charge in [-0.1, -0.05) is 12.1 Å². The van der Waals surface area contributed by atoms with Gasteiger partial charge in [-0.25, -0.2) is 8.42 Å². The van der Waals surface area contributed by atoms with Crippen LogP contribution in [0.15, 0.2) is 29.2 Å². The lowest BCUT2D eigenvalue weighted by molar-refractivity contribution is 0.592. The first-order valence-electron chi connectivity index (χ1n) is 5.06. The first kappa shape index (κ1) is 12.2. The van der Waals surface area contributed by atoms with Crippen LogP contribution in [0.4, 0.5) is 0 Å². The van der Waals surface area contributed by atoms with Crippen molar-refractivity contribution in [2.24, 2.45) is 5.73 Å². The molecule has 1 rings (SSSR count). The molecule has 3 nitrogen and oxygen atoms in total. The van der Waals surface area contributed by atoms with Crippen molar-refractivity contribution >= 4 is 9.84 Å². The first-order valence-corrected chi connectivity index (χ1v) is 6.71. The van der Waals surface area contributed by atoms with Gasteiger partial charge in [0, 0.05) is 0 Å². The van der Waals surface area contributed by atoms with E-state index in [0.29, 0.717) is 17.9 Å². The minimum absolute atomic E-state index is 0.188. The molecule has 0 atom stereocenters. The molecule has 0 unspecified atom stereocenters. The molecule has 4 heteroatoms. The molecular formula is C11H17NO2S. The summed E-state index contributed by atoms with van der Waals surface area (Å²) in [5.41, 5.74) is 6.29. The van der Waals surface area contributed by atoms with Gasteiger partial charge in [-0.3, -0.25) is 0 Å². The zero-order valence-corrected chi connectivity index (χ0v) is 9.76. The summed E-state index contributed by atoms with van der Waals surface area (Å²) in [4.78, 5) is 0.416. The Labute approximate surface area is 91.2 Å². The molecule has 0 bridgehead atoms. The lowest BCUT2D eigenvalue weighted by atomic mass is 10.2. The molecule has 1 aromatic carbocycles. The lowest BCUT2D eigenvalue weighted by Crippen LogP contribution is -2.09. The van der Waals surface area contributed by atoms with Crippen molar-refractivity contribution in [3.63, 3.8) is 0 Å². The Morgan fingerprint density at radius 3 is 2.60 bits per heavy atom. The van der Waals surface area contributed by atoms with E-state index in [0.717, 1.165) is 12.0 Å². The molecule has 0 aromatic heterocycles. The fourth-order valence-corrected chi connectivity index (χ4v) is 2.83. The number of unbranched alkanes of at least 4 members (excludes halogenated alkanes) is 1. The van der Waals surface area contributed by atoms with Crippen molar-refractivity contribution in [1.29, 1.82) is 0 Å². The van der Waals surface area contributed by atoms with Crippen LogP contribution < -0.4 is 5.73 Å². The van der Waals surface area contributed by atoms with Gasteiger partial charge < -0.3 is 5.73 Å². The van der Waals surface area contributed by atoms with Crippen LogP contribution in [-0.4, -0.2) is 20.7 Å². The fraction of sp³-hybridized carbons (Fsp3) is 0.455. The Morgan fingerprint density at radius 2 is 2.00 bits per heavy atom. The summed E-state index contributed by atoms with van der Waals surface area (Å²) in [5.74, 6) is 0.188. The molecule has 0 aliphatic rings. The lowest BCUT2D eigenvalue weighted by Gasteiger charge is -2.04. The van der Waals surface area contributed by atoms with Crippen LogP contribution in [0.1, 0.15) is 18.4 Å². The Bertz CT molecular complexity index is 412. The molecular weight excluding hydrogens is 210 g/mol. The third-order valence-corrected chi connectivity index (χ3v) is 4.01. The molecule has 0 aliphatic carbocycles. The standard InChI is InChI=1S/C11H17NO2S/c1-10-5-4-6-11(9-10)15(13,14)8-3-2-7-12/h4-6,9H,2-3,7-8,12H2,1H3. The molecule has 0 amide bonds. The van der Waals surface area contributed by atoms with E-state index in [9.17, 15) is 8.42 Å². The number of rotatable bonds is 5. The molecule has 0 saturated carbocycles. The SMILES string of the molecule is Cc1cccc(S(=O)(=O)CCCCN)c1. The summed E-state index contributed by atoms with van der Waals surface area (Å²) in [6.07, 6.45) is 1.39. The number of benzene rings is 1. The van der Waals surface area contributed by atoms with Crippen LogP contribution in [-0.2, 0) is 9.84 Å². The molecule has 0 fully saturated rings. The summed E-state index contributed by atoms with van der Waals surface area (Å²) >= 11 is 0. The van der Waals surface area contributed by atoms with Gasteiger partial charge in [-0.05, 0) is 44.0 Å². The molecule has 2 N–H and O–H groups in total. The highest BCUT2D eigenvalue weighted by atomic mass is 32.2. The largest absolute Gasteiger partial charge is 0.330 e. The van der Waals surface area contributed by atoms with E-state index in [1.807, 2.05) is 13.0 Å². The molecule has 84 valence electrons. The second kappa shape index (κ2) is 5.28. The molecule has 0 heterocycles. The predicted octanol–water partition coefficient (Wildman–Crippen LogP) is 1.51. The van der Waals surface area contributed by atoms with Gasteiger partial charge in [-0.15, -0.1) is 0 Å². The van der Waals surface area contributed by atoms with Gasteiger partial charge in [0.1, 0.15) is 0 Å². The molecule has 0 aliphatic heterocycles. The normalized spacial score (nSPS) is 11.6. The smallest absolute Gasteiger partial charge is 0.178 e. The van der Waals surface area contributed by atoms with Gasteiger partial charge >= 0.3 is 0 Å². The maximum absolute atomic E-state index is 11.8. The third kappa shape index (κ3) is 3.64. The summed E-state index contributed by atoms with van der Waals surface area (Å²) in [5, 5.41) is 0. The van der Waals surface area contributed by atoms with Gasteiger partial charge in [0.2, 0.25) is 0 Å². The molecule has 1 aromatic rings. The Hall–Kier alpha value is -0.870. The third-order valence-electron chi connectivity index (χ3n) is 2.22. The highest BCUT2D eigenvalue weighted by Crippen LogP contribution is 2.13. The average Bonchev–Trinajstić information content (AvgIpc) is 2.18. The summed E-state index contributed by atoms with van der Waals surface area (Å²) in [6, 6.07) is 7.01. The summed E-state index contributed by atoms with van der Waals surface area (Å²) < 4.78 is 23.6. The molecule has 15 heavy (non-hydrogen) atoms. The maximum Gasteiger partial charge on any atom is 0.178 e. The number of nitrogens with two attached hydrogens (primary N) is 1. The number of sulfone groups is 1. The van der Waals surface area contributed by atoms with Gasteiger partial charge in [-0.2, -0.15) is 0 Å². The second-order valence-electron chi connectivity index (χ2n) is 3.63. The van der Waals surface area contributed by atoms with E-state index in [-0.39, 0.29) is 5.75 Å². The van der Waals surface area contributed by atoms with E-state index in [1.165, 1.54) is 0 Å². The first-order chi connectivity index (χ1) is 7.06. The number of hydrogen-bond donors (Lipinski definition) is 1. The second-order valence-corrected chi connectivity index (χ2v) is 5.74. The monoisotopic (exact) mass is 227 g/mol. The predicted molar refractivity (Wildman–Crippen MR) is 61.5 cm³/mol. The number of hydrogen-bond acceptors (Lipinski definition) is 3. The van der Waals surface area contributed by atoms with Crippen molar-refractivity contribution in [2.45, 2.75) is 24.7 Å². The average molecular weight is 227 g/mol. The molecule has 0 radical (unpaired) electrons. The van der Waals surface area contributed by atoms with Crippen LogP contribution in [0.2, 0.25) is 0 Å². The minimum Gasteiger partial charge on any atom is -0.330 e. The highest BCUT2D eigenvalue weighted by molar-refractivity contribution is 7.91. The van der Waals surface area contributed by atoms with Crippen molar-refractivity contribution in [2.75, 3.05) is 12.3 Å². The van der Waals surface area contributed by atoms with Crippen molar-refractivity contribution in [3.05, 3.63) is 29.8 Å². The van der Waals surface area contributed by atoms with Crippen molar-refractivity contribution in [1.82, 2.24) is 0 Å². The van der Waals surface area contributed by atoms with Crippen LogP contribution in [0.5, 0.6) is 0 Å². The van der Waals surface area contributed by atoms with E-state index in [4.69, 9.17) is 5.73 Å². The fourth-order valence-electron chi connectivity index (χ4n) is 1.36. The van der Waals surface area contributed by atoms with Crippen LogP contribution in [0, 0.1) is 6.92 Å². The Kier molecular flexibility index (Phi) is 4.29. The topological polar surface area (TPSA) is 60.2 Å². The van der Waals surface area contributed by atoms with Gasteiger partial charge in [0.15, 0.2) is 9.84 Å². The van der Waals surface area contributed by atoms with Gasteiger partial charge in [0.25, 0.3) is 0 Å². The highest BCUT2D eigenvalue weighted by Gasteiger charge is 2.13. The van der Waals surface area contributed by atoms with Gasteiger partial charge in [0.05, 0.1) is 10.6 Å². The maximum atomic E-state index is 11.8. The molecule has 0 saturated heterocycles. The Balaban J connectivity index is 2.77. The zero-order chi connectivity index (χ0) is 11.3. The van der Waals surface area contributed by atoms with E-state index >= 15 is 0 Å². The van der Waals surface area contributed by atoms with E-state index < -0.39 is 9.84 Å². The number of aryl methyl sites for hydroxylation is 1. The van der Waals surface area contributed by atoms with E-state index in [1.54, 1.807) is 18.2 Å². The van der Waals surface area contributed by atoms with Crippen LogP contribution >= 0.6 is 0 Å². The minimum atomic E-state index is -3.11. The Morgan fingerprint density at radius 1 is 1.27 bits per heavy atom. The summed E-state index contributed by atoms with van der Waals surface area (Å²) in [6.45, 7) is 2.43. The van der Waals surface area contributed by atoms with Crippen LogP contribution in [0.25, 0.3) is 0 Å². The molecule has 0 spiro atoms.